The van der Waals surface area contributed by atoms with Gasteiger partial charge in [0.15, 0.2) is 6.61 Å². The van der Waals surface area contributed by atoms with Crippen LogP contribution in [0, 0.1) is 5.82 Å². The highest BCUT2D eigenvalue weighted by atomic mass is 79.9. The number of hydrogen-bond donors (Lipinski definition) is 1. The molecule has 0 saturated heterocycles. The van der Waals surface area contributed by atoms with Crippen molar-refractivity contribution in [2.24, 2.45) is 5.10 Å². The Labute approximate surface area is 223 Å². The molecule has 0 spiro atoms. The Kier molecular flexibility index (Phi) is 7.95. The molecule has 10 heteroatoms. The largest absolute Gasteiger partial charge is 0.483 e. The highest BCUT2D eigenvalue weighted by Gasteiger charge is 2.15. The number of ether oxygens (including phenoxy) is 1. The van der Waals surface area contributed by atoms with Crippen LogP contribution in [-0.4, -0.2) is 28.4 Å². The molecule has 1 amide bonds. The number of nitrogens with one attached hydrogen (secondary N) is 1. The number of amides is 1. The van der Waals surface area contributed by atoms with Crippen molar-refractivity contribution in [3.05, 3.63) is 97.2 Å². The number of aromatic nitrogens is 2. The fraction of sp³-hybridized carbons (Fsp3) is 0.154. The van der Waals surface area contributed by atoms with Crippen molar-refractivity contribution >= 4 is 60.6 Å². The van der Waals surface area contributed by atoms with Crippen molar-refractivity contribution in [1.82, 2.24) is 9.66 Å². The van der Waals surface area contributed by atoms with E-state index in [0.29, 0.717) is 28.0 Å². The number of para-hydroxylation sites is 1. The number of fused-ring (bicyclic) bond motifs is 1. The molecule has 0 fully saturated rings. The summed E-state index contributed by atoms with van der Waals surface area (Å²) >= 11 is 6.82. The van der Waals surface area contributed by atoms with Crippen LogP contribution in [-0.2, 0) is 4.79 Å². The van der Waals surface area contributed by atoms with E-state index >= 15 is 0 Å². The van der Waals surface area contributed by atoms with Gasteiger partial charge in [-0.15, -0.1) is 0 Å². The number of carbonyl (C=O) groups is 1. The lowest BCUT2D eigenvalue weighted by atomic mass is 10.2. The summed E-state index contributed by atoms with van der Waals surface area (Å²) in [6.45, 7) is 3.51. The van der Waals surface area contributed by atoms with Crippen molar-refractivity contribution in [3.8, 4) is 5.75 Å². The second-order valence-corrected chi connectivity index (χ2v) is 9.98. The van der Waals surface area contributed by atoms with E-state index < -0.39 is 11.7 Å². The summed E-state index contributed by atoms with van der Waals surface area (Å²) < 4.78 is 22.3. The number of carbonyl (C=O) groups excluding carboxylic acids is 1. The van der Waals surface area contributed by atoms with Crippen molar-refractivity contribution in [2.75, 3.05) is 11.9 Å². The van der Waals surface area contributed by atoms with Crippen molar-refractivity contribution in [3.63, 3.8) is 0 Å². The topological polar surface area (TPSA) is 85.6 Å². The monoisotopic (exact) mass is 614 g/mol. The van der Waals surface area contributed by atoms with Crippen LogP contribution in [0.15, 0.2) is 79.5 Å². The van der Waals surface area contributed by atoms with Gasteiger partial charge in [-0.25, -0.2) is 9.37 Å². The zero-order chi connectivity index (χ0) is 25.8. The Balaban J connectivity index is 1.63. The summed E-state index contributed by atoms with van der Waals surface area (Å²) in [6, 6.07) is 16.4. The van der Waals surface area contributed by atoms with Gasteiger partial charge in [0.1, 0.15) is 17.4 Å². The van der Waals surface area contributed by atoms with Gasteiger partial charge in [0, 0.05) is 20.4 Å². The Bertz CT molecular complexity index is 1540. The fourth-order valence-electron chi connectivity index (χ4n) is 3.41. The maximum Gasteiger partial charge on any atom is 0.282 e. The Morgan fingerprint density at radius 3 is 2.61 bits per heavy atom. The van der Waals surface area contributed by atoms with Crippen LogP contribution in [0.5, 0.6) is 5.75 Å². The maximum atomic E-state index is 13.8. The van der Waals surface area contributed by atoms with E-state index in [1.807, 2.05) is 19.9 Å². The molecule has 3 aromatic carbocycles. The quantitative estimate of drug-likeness (QED) is 0.255. The predicted molar refractivity (Wildman–Crippen MR) is 145 cm³/mol. The molecule has 1 aromatic heterocycles. The zero-order valence-corrected chi connectivity index (χ0v) is 22.5. The molecule has 4 rings (SSSR count). The van der Waals surface area contributed by atoms with Gasteiger partial charge in [-0.2, -0.15) is 9.78 Å². The van der Waals surface area contributed by atoms with E-state index in [0.717, 1.165) is 8.95 Å². The average Bonchev–Trinajstić information content (AvgIpc) is 2.84. The van der Waals surface area contributed by atoms with Crippen LogP contribution in [0.2, 0.25) is 0 Å². The van der Waals surface area contributed by atoms with Gasteiger partial charge in [-0.1, -0.05) is 57.8 Å². The van der Waals surface area contributed by atoms with Gasteiger partial charge in [-0.3, -0.25) is 9.59 Å². The van der Waals surface area contributed by atoms with Crippen LogP contribution in [0.3, 0.4) is 0 Å². The van der Waals surface area contributed by atoms with E-state index in [2.05, 4.69) is 47.3 Å². The van der Waals surface area contributed by atoms with Gasteiger partial charge in [0.05, 0.1) is 22.8 Å². The molecule has 0 aliphatic rings. The lowest BCUT2D eigenvalue weighted by molar-refractivity contribution is -0.118. The van der Waals surface area contributed by atoms with Crippen LogP contribution < -0.4 is 15.6 Å². The number of halogens is 3. The normalized spacial score (nSPS) is 11.4. The molecular formula is C26H21Br2FN4O3. The Morgan fingerprint density at radius 1 is 1.14 bits per heavy atom. The molecule has 4 aromatic rings. The molecule has 0 radical (unpaired) electrons. The van der Waals surface area contributed by atoms with Gasteiger partial charge >= 0.3 is 0 Å². The predicted octanol–water partition coefficient (Wildman–Crippen LogP) is 6.08. The summed E-state index contributed by atoms with van der Waals surface area (Å²) in [4.78, 5) is 30.2. The molecule has 36 heavy (non-hydrogen) atoms. The smallest absolute Gasteiger partial charge is 0.282 e. The van der Waals surface area contributed by atoms with E-state index in [4.69, 9.17) is 4.74 Å². The first-order valence-electron chi connectivity index (χ1n) is 11.0. The number of hydrogen-bond acceptors (Lipinski definition) is 5. The van der Waals surface area contributed by atoms with Crippen LogP contribution >= 0.6 is 31.9 Å². The summed E-state index contributed by atoms with van der Waals surface area (Å²) in [5.74, 6) is -0.254. The minimum Gasteiger partial charge on any atom is -0.483 e. The molecule has 184 valence electrons. The Morgan fingerprint density at radius 2 is 1.86 bits per heavy atom. The molecule has 0 saturated carbocycles. The van der Waals surface area contributed by atoms with Crippen LogP contribution in [0.25, 0.3) is 10.9 Å². The lowest BCUT2D eigenvalue weighted by Crippen LogP contribution is -2.23. The van der Waals surface area contributed by atoms with E-state index in [1.165, 1.54) is 29.1 Å². The first kappa shape index (κ1) is 25.7. The van der Waals surface area contributed by atoms with Crippen LogP contribution in [0.4, 0.5) is 10.1 Å². The Hall–Kier alpha value is -3.37. The molecule has 1 N–H and O–H groups in total. The molecule has 0 bridgehead atoms. The third-order valence-electron chi connectivity index (χ3n) is 5.14. The van der Waals surface area contributed by atoms with Gasteiger partial charge in [0.25, 0.3) is 11.5 Å². The van der Waals surface area contributed by atoms with Crippen molar-refractivity contribution < 1.29 is 13.9 Å². The van der Waals surface area contributed by atoms with Crippen molar-refractivity contribution in [1.29, 1.82) is 0 Å². The van der Waals surface area contributed by atoms with E-state index in [1.54, 1.807) is 36.4 Å². The summed E-state index contributed by atoms with van der Waals surface area (Å²) in [6.07, 6.45) is 1.48. The second-order valence-electron chi connectivity index (χ2n) is 8.15. The second kappa shape index (κ2) is 11.1. The standard InChI is InChI=1S/C26H21Br2FN4O3/c1-15(2)25-32-21-9-7-18(28)12-19(21)26(35)33(25)30-13-16-11-17(27)8-10-23(16)36-14-24(34)31-22-6-4-3-5-20(22)29/h3-13,15H,14H2,1-2H3,(H,31,34). The van der Waals surface area contributed by atoms with Gasteiger partial charge in [-0.05, 0) is 48.5 Å². The zero-order valence-electron chi connectivity index (χ0n) is 19.3. The highest BCUT2D eigenvalue weighted by Crippen LogP contribution is 2.23. The summed E-state index contributed by atoms with van der Waals surface area (Å²) in [5.41, 5.74) is 0.882. The highest BCUT2D eigenvalue weighted by molar-refractivity contribution is 9.10. The van der Waals surface area contributed by atoms with Crippen LogP contribution in [0.1, 0.15) is 31.2 Å². The van der Waals surface area contributed by atoms with E-state index in [9.17, 15) is 14.0 Å². The molecule has 0 aliphatic heterocycles. The number of nitrogens with zero attached hydrogens (tertiary/aromatic N) is 3. The van der Waals surface area contributed by atoms with Gasteiger partial charge in [0.2, 0.25) is 0 Å². The lowest BCUT2D eigenvalue weighted by Gasteiger charge is -2.13. The summed E-state index contributed by atoms with van der Waals surface area (Å²) in [5, 5.41) is 7.35. The minimum atomic E-state index is -0.537. The first-order chi connectivity index (χ1) is 17.2. The molecule has 1 heterocycles. The number of rotatable bonds is 7. The minimum absolute atomic E-state index is 0.0665. The molecular weight excluding hydrogens is 595 g/mol. The SMILES string of the molecule is CC(C)c1nc2ccc(Br)cc2c(=O)n1N=Cc1cc(Br)ccc1OCC(=O)Nc1ccccc1F. The molecule has 0 aliphatic carbocycles. The average molecular weight is 616 g/mol. The number of benzene rings is 3. The molecule has 7 nitrogen and oxygen atoms in total. The maximum absolute atomic E-state index is 13.8. The first-order valence-corrected chi connectivity index (χ1v) is 12.5. The third kappa shape index (κ3) is 5.88. The molecule has 0 unspecified atom stereocenters. The number of anilines is 1. The fourth-order valence-corrected chi connectivity index (χ4v) is 4.15. The van der Waals surface area contributed by atoms with Crippen molar-refractivity contribution in [2.45, 2.75) is 19.8 Å². The van der Waals surface area contributed by atoms with Gasteiger partial charge < -0.3 is 10.1 Å². The molecule has 0 atom stereocenters. The summed E-state index contributed by atoms with van der Waals surface area (Å²) in [7, 11) is 0. The third-order valence-corrected chi connectivity index (χ3v) is 6.13. The van der Waals surface area contributed by atoms with E-state index in [-0.39, 0.29) is 23.8 Å².